The third-order valence-corrected chi connectivity index (χ3v) is 2.71. The topological polar surface area (TPSA) is 49.3 Å². The summed E-state index contributed by atoms with van der Waals surface area (Å²) in [6.45, 7) is 1.92. The number of aliphatic hydroxyl groups is 1. The minimum absolute atomic E-state index is 0.142. The van der Waals surface area contributed by atoms with Crippen molar-refractivity contribution in [2.75, 3.05) is 12.8 Å². The van der Waals surface area contributed by atoms with Crippen molar-refractivity contribution < 1.29 is 9.90 Å². The summed E-state index contributed by atoms with van der Waals surface area (Å²) in [5.41, 5.74) is 1.84. The summed E-state index contributed by atoms with van der Waals surface area (Å²) in [4.78, 5) is 11.6. The maximum atomic E-state index is 11.6. The Morgan fingerprint density at radius 3 is 2.56 bits per heavy atom. The molecule has 0 heterocycles. The normalized spacial score (nSPS) is 12.2. The SMILES string of the molecule is CSCc1ccc(C(=O)NCC(C)O)cc1. The molecule has 3 nitrogen and oxygen atoms in total. The Balaban J connectivity index is 2.56. The molecule has 0 spiro atoms. The lowest BCUT2D eigenvalue weighted by Gasteiger charge is -2.07. The highest BCUT2D eigenvalue weighted by Crippen LogP contribution is 2.10. The Labute approximate surface area is 100 Å². The average molecular weight is 239 g/mol. The van der Waals surface area contributed by atoms with Crippen LogP contribution in [0.3, 0.4) is 0 Å². The van der Waals surface area contributed by atoms with Gasteiger partial charge >= 0.3 is 0 Å². The van der Waals surface area contributed by atoms with Crippen LogP contribution in [-0.4, -0.2) is 29.9 Å². The van der Waals surface area contributed by atoms with Crippen LogP contribution < -0.4 is 5.32 Å². The molecule has 0 aliphatic heterocycles. The molecule has 2 N–H and O–H groups in total. The number of hydrogen-bond acceptors (Lipinski definition) is 3. The number of rotatable bonds is 5. The minimum Gasteiger partial charge on any atom is -0.392 e. The van der Waals surface area contributed by atoms with Gasteiger partial charge in [0, 0.05) is 17.9 Å². The van der Waals surface area contributed by atoms with E-state index in [-0.39, 0.29) is 12.5 Å². The van der Waals surface area contributed by atoms with Gasteiger partial charge in [0.05, 0.1) is 6.10 Å². The zero-order valence-corrected chi connectivity index (χ0v) is 10.4. The molecule has 0 radical (unpaired) electrons. The fraction of sp³-hybridized carbons (Fsp3) is 0.417. The average Bonchev–Trinajstić information content (AvgIpc) is 2.27. The predicted molar refractivity (Wildman–Crippen MR) is 67.7 cm³/mol. The molecule has 0 saturated carbocycles. The molecule has 4 heteroatoms. The third kappa shape index (κ3) is 4.24. The van der Waals surface area contributed by atoms with Crippen molar-refractivity contribution in [1.29, 1.82) is 0 Å². The van der Waals surface area contributed by atoms with Crippen LogP contribution >= 0.6 is 11.8 Å². The van der Waals surface area contributed by atoms with Crippen LogP contribution in [0.2, 0.25) is 0 Å². The lowest BCUT2D eigenvalue weighted by Crippen LogP contribution is -2.30. The Bertz CT molecular complexity index is 335. The predicted octanol–water partition coefficient (Wildman–Crippen LogP) is 1.66. The highest BCUT2D eigenvalue weighted by Gasteiger charge is 2.05. The zero-order valence-electron chi connectivity index (χ0n) is 9.56. The molecule has 0 aliphatic rings. The largest absolute Gasteiger partial charge is 0.392 e. The van der Waals surface area contributed by atoms with E-state index in [1.807, 2.05) is 30.5 Å². The van der Waals surface area contributed by atoms with Crippen LogP contribution in [-0.2, 0) is 5.75 Å². The summed E-state index contributed by atoms with van der Waals surface area (Å²) >= 11 is 1.75. The molecule has 1 aromatic carbocycles. The molecule has 88 valence electrons. The Morgan fingerprint density at radius 2 is 2.06 bits per heavy atom. The van der Waals surface area contributed by atoms with Gasteiger partial charge in [0.2, 0.25) is 0 Å². The highest BCUT2D eigenvalue weighted by atomic mass is 32.2. The van der Waals surface area contributed by atoms with Gasteiger partial charge in [-0.2, -0.15) is 11.8 Å². The van der Waals surface area contributed by atoms with Crippen molar-refractivity contribution in [2.24, 2.45) is 0 Å². The molecule has 1 aromatic rings. The Morgan fingerprint density at radius 1 is 1.44 bits per heavy atom. The van der Waals surface area contributed by atoms with E-state index < -0.39 is 6.10 Å². The van der Waals surface area contributed by atoms with E-state index >= 15 is 0 Å². The summed E-state index contributed by atoms with van der Waals surface area (Å²) in [6, 6.07) is 7.52. The fourth-order valence-electron chi connectivity index (χ4n) is 1.26. The van der Waals surface area contributed by atoms with Gasteiger partial charge in [-0.25, -0.2) is 0 Å². The quantitative estimate of drug-likeness (QED) is 0.821. The van der Waals surface area contributed by atoms with E-state index in [1.165, 1.54) is 5.56 Å². The first-order valence-corrected chi connectivity index (χ1v) is 6.57. The van der Waals surface area contributed by atoms with Crippen LogP contribution in [0.4, 0.5) is 0 Å². The first-order chi connectivity index (χ1) is 7.63. The molecular formula is C12H17NO2S. The fourth-order valence-corrected chi connectivity index (χ4v) is 1.79. The van der Waals surface area contributed by atoms with Crippen molar-refractivity contribution in [3.63, 3.8) is 0 Å². The summed E-state index contributed by atoms with van der Waals surface area (Å²) in [6.07, 6.45) is 1.53. The van der Waals surface area contributed by atoms with Crippen molar-refractivity contribution >= 4 is 17.7 Å². The van der Waals surface area contributed by atoms with Gasteiger partial charge in [-0.15, -0.1) is 0 Å². The number of hydrogen-bond donors (Lipinski definition) is 2. The number of benzene rings is 1. The van der Waals surface area contributed by atoms with E-state index in [2.05, 4.69) is 5.32 Å². The number of carbonyl (C=O) groups excluding carboxylic acids is 1. The van der Waals surface area contributed by atoms with Gasteiger partial charge in [-0.3, -0.25) is 4.79 Å². The molecule has 0 bridgehead atoms. The second-order valence-electron chi connectivity index (χ2n) is 3.69. The highest BCUT2D eigenvalue weighted by molar-refractivity contribution is 7.97. The Hall–Kier alpha value is -1.00. The molecule has 0 saturated heterocycles. The lowest BCUT2D eigenvalue weighted by atomic mass is 10.1. The first-order valence-electron chi connectivity index (χ1n) is 5.17. The van der Waals surface area contributed by atoms with Crippen molar-refractivity contribution in [3.8, 4) is 0 Å². The maximum Gasteiger partial charge on any atom is 0.251 e. The molecule has 16 heavy (non-hydrogen) atoms. The van der Waals surface area contributed by atoms with Crippen LogP contribution in [0.1, 0.15) is 22.8 Å². The Kier molecular flexibility index (Phi) is 5.35. The molecule has 1 amide bonds. The summed E-state index contributed by atoms with van der Waals surface area (Å²) in [7, 11) is 0. The smallest absolute Gasteiger partial charge is 0.251 e. The van der Waals surface area contributed by atoms with E-state index in [1.54, 1.807) is 18.7 Å². The lowest BCUT2D eigenvalue weighted by molar-refractivity contribution is 0.0924. The van der Waals surface area contributed by atoms with E-state index in [4.69, 9.17) is 5.11 Å². The minimum atomic E-state index is -0.514. The van der Waals surface area contributed by atoms with E-state index in [9.17, 15) is 4.79 Å². The second kappa shape index (κ2) is 6.55. The van der Waals surface area contributed by atoms with Crippen molar-refractivity contribution in [3.05, 3.63) is 35.4 Å². The van der Waals surface area contributed by atoms with Gasteiger partial charge < -0.3 is 10.4 Å². The summed E-state index contributed by atoms with van der Waals surface area (Å²) in [5, 5.41) is 11.7. The van der Waals surface area contributed by atoms with Gasteiger partial charge in [-0.05, 0) is 30.9 Å². The number of aliphatic hydroxyl groups excluding tert-OH is 1. The maximum absolute atomic E-state index is 11.6. The second-order valence-corrected chi connectivity index (χ2v) is 4.56. The number of nitrogens with one attached hydrogen (secondary N) is 1. The van der Waals surface area contributed by atoms with Crippen LogP contribution in [0.25, 0.3) is 0 Å². The third-order valence-electron chi connectivity index (χ3n) is 2.09. The van der Waals surface area contributed by atoms with E-state index in [0.717, 1.165) is 5.75 Å². The zero-order chi connectivity index (χ0) is 12.0. The van der Waals surface area contributed by atoms with Crippen molar-refractivity contribution in [1.82, 2.24) is 5.32 Å². The van der Waals surface area contributed by atoms with Crippen LogP contribution in [0.15, 0.2) is 24.3 Å². The standard InChI is InChI=1S/C12H17NO2S/c1-9(14)7-13-12(15)11-5-3-10(4-6-11)8-16-2/h3-6,9,14H,7-8H2,1-2H3,(H,13,15). The van der Waals surface area contributed by atoms with Gasteiger partial charge in [0.25, 0.3) is 5.91 Å². The van der Waals surface area contributed by atoms with Crippen molar-refractivity contribution in [2.45, 2.75) is 18.8 Å². The molecule has 0 aliphatic carbocycles. The van der Waals surface area contributed by atoms with Gasteiger partial charge in [0.15, 0.2) is 0 Å². The number of carbonyl (C=O) groups is 1. The molecular weight excluding hydrogens is 222 g/mol. The van der Waals surface area contributed by atoms with Crippen LogP contribution in [0, 0.1) is 0 Å². The van der Waals surface area contributed by atoms with Crippen LogP contribution in [0.5, 0.6) is 0 Å². The van der Waals surface area contributed by atoms with E-state index in [0.29, 0.717) is 5.56 Å². The number of amides is 1. The molecule has 0 fully saturated rings. The summed E-state index contributed by atoms with van der Waals surface area (Å²) in [5.74, 6) is 0.812. The number of thioether (sulfide) groups is 1. The molecule has 1 unspecified atom stereocenters. The monoisotopic (exact) mass is 239 g/mol. The first kappa shape index (κ1) is 13.1. The van der Waals surface area contributed by atoms with Gasteiger partial charge in [-0.1, -0.05) is 12.1 Å². The molecule has 1 atom stereocenters. The summed E-state index contributed by atoms with van der Waals surface area (Å²) < 4.78 is 0. The van der Waals surface area contributed by atoms with Gasteiger partial charge in [0.1, 0.15) is 0 Å². The molecule has 0 aromatic heterocycles. The molecule has 1 rings (SSSR count).